The number of amides is 1. The number of ether oxygens (including phenoxy) is 8. The van der Waals surface area contributed by atoms with Gasteiger partial charge in [0.05, 0.1) is 152 Å². The maximum Gasteiger partial charge on any atom is 0.317 e. The highest BCUT2D eigenvalue weighted by Gasteiger charge is 2.24. The largest absolute Gasteiger partial charge is 0.480 e. The van der Waals surface area contributed by atoms with Crippen molar-refractivity contribution in [3.8, 4) is 0 Å². The minimum atomic E-state index is -0.927. The molecule has 0 unspecified atom stereocenters. The third kappa shape index (κ3) is 42.1. The van der Waals surface area contributed by atoms with Crippen LogP contribution < -0.4 is 5.32 Å². The number of hydrogen-bond donors (Lipinski definition) is 3. The van der Waals surface area contributed by atoms with Crippen molar-refractivity contribution in [3.63, 3.8) is 0 Å². The Morgan fingerprint density at radius 1 is 0.567 bits per heavy atom. The van der Waals surface area contributed by atoms with Gasteiger partial charge in [-0.2, -0.15) is 0 Å². The molecular weight excluding hydrogens is 792 g/mol. The Morgan fingerprint density at radius 2 is 0.933 bits per heavy atom. The second-order valence-corrected chi connectivity index (χ2v) is 13.1. The van der Waals surface area contributed by atoms with Crippen molar-refractivity contribution in [1.29, 1.82) is 0 Å². The van der Waals surface area contributed by atoms with Crippen molar-refractivity contribution >= 4 is 30.7 Å². The van der Waals surface area contributed by atoms with Gasteiger partial charge in [-0.15, -0.1) is 0 Å². The summed E-state index contributed by atoms with van der Waals surface area (Å²) in [6.07, 6.45) is 5.58. The number of aliphatic hydroxyl groups excluding tert-OH is 1. The molecule has 0 aromatic heterocycles. The number of nitrogens with one attached hydrogen (secondary N) is 1. The summed E-state index contributed by atoms with van der Waals surface area (Å²) in [5.74, 6) is -1.09. The van der Waals surface area contributed by atoms with Crippen LogP contribution in [0.3, 0.4) is 0 Å². The number of carboxylic acid groups (broad SMARTS) is 1. The maximum atomic E-state index is 12.5. The zero-order valence-corrected chi connectivity index (χ0v) is 36.9. The molecule has 21 heteroatoms. The van der Waals surface area contributed by atoms with E-state index in [1.807, 2.05) is 16.7 Å². The third-order valence-electron chi connectivity index (χ3n) is 7.99. The average Bonchev–Trinajstić information content (AvgIpc) is 3.71. The molecule has 0 aromatic carbocycles. The van der Waals surface area contributed by atoms with Gasteiger partial charge in [-0.3, -0.25) is 29.2 Å². The molecule has 2 saturated heterocycles. The Hall–Kier alpha value is -2.61. The molecule has 2 heterocycles. The normalized spacial score (nSPS) is 15.3. The standard InChI is InChI=1S/C31H59N5O13.C5H11N.C2H4O.CH4O/c1-2-33-26-35(28-34(5-7-38)29-36(27-33)25-31(40)41)24-30(39)32-4-9-43-11-13-45-15-17-47-19-21-49-23-22-48-20-18-46-16-14-44-12-10-42-8-3-6-37;1-6-4-2-3-5-6;1-2-3;1-2/h6-7H,2-5,8-29H2,1H3,(H,32,39)(H,40,41);2-5H2,1H3;2H,1H3;2H,1H3. The molecule has 0 radical (unpaired) electrons. The molecule has 2 aliphatic rings. The summed E-state index contributed by atoms with van der Waals surface area (Å²) in [5.41, 5.74) is 0. The second kappa shape index (κ2) is 47.4. The van der Waals surface area contributed by atoms with Crippen LogP contribution in [0.25, 0.3) is 0 Å². The molecule has 0 atom stereocenters. The lowest BCUT2D eigenvalue weighted by atomic mass is 10.4. The van der Waals surface area contributed by atoms with Gasteiger partial charge < -0.3 is 72.7 Å². The van der Waals surface area contributed by atoms with Crippen LogP contribution in [0.2, 0.25) is 0 Å². The van der Waals surface area contributed by atoms with Gasteiger partial charge in [-0.1, -0.05) is 6.92 Å². The number of nitrogens with zero attached hydrogens (tertiary/aromatic N) is 5. The first-order chi connectivity index (χ1) is 29.3. The lowest BCUT2D eigenvalue weighted by Crippen LogP contribution is -2.57. The number of carbonyl (C=O) groups is 5. The van der Waals surface area contributed by atoms with Crippen LogP contribution in [0, 0.1) is 0 Å². The summed E-state index contributed by atoms with van der Waals surface area (Å²) < 4.78 is 43.3. The number of rotatable bonds is 34. The highest BCUT2D eigenvalue weighted by molar-refractivity contribution is 5.78. The zero-order chi connectivity index (χ0) is 44.7. The maximum absolute atomic E-state index is 12.5. The van der Waals surface area contributed by atoms with Crippen molar-refractivity contribution in [2.75, 3.05) is 192 Å². The molecule has 0 aromatic rings. The Balaban J connectivity index is 0. The fraction of sp³-hybridized carbons (Fsp3) is 0.872. The number of likely N-dealkylation sites (tertiary alicyclic amines) is 1. The average molecular weight is 871 g/mol. The number of hydrogen-bond acceptors (Lipinski definition) is 19. The Kier molecular flexibility index (Phi) is 47.0. The monoisotopic (exact) mass is 871 g/mol. The zero-order valence-electron chi connectivity index (χ0n) is 36.9. The van der Waals surface area contributed by atoms with Crippen molar-refractivity contribution in [1.82, 2.24) is 29.8 Å². The van der Waals surface area contributed by atoms with Crippen LogP contribution in [-0.4, -0.2) is 258 Å². The van der Waals surface area contributed by atoms with E-state index in [0.29, 0.717) is 152 Å². The van der Waals surface area contributed by atoms with E-state index in [4.69, 9.17) is 47.8 Å². The number of aliphatic hydroxyl groups is 1. The van der Waals surface area contributed by atoms with E-state index < -0.39 is 5.97 Å². The summed E-state index contributed by atoms with van der Waals surface area (Å²) >= 11 is 0. The fourth-order valence-electron chi connectivity index (χ4n) is 5.29. The van der Waals surface area contributed by atoms with Crippen molar-refractivity contribution in [2.24, 2.45) is 0 Å². The van der Waals surface area contributed by atoms with Gasteiger partial charge in [0, 0.05) is 20.1 Å². The van der Waals surface area contributed by atoms with E-state index in [9.17, 15) is 24.3 Å². The van der Waals surface area contributed by atoms with Gasteiger partial charge in [-0.25, -0.2) is 0 Å². The Morgan fingerprint density at radius 3 is 1.27 bits per heavy atom. The van der Waals surface area contributed by atoms with Crippen molar-refractivity contribution in [3.05, 3.63) is 0 Å². The minimum absolute atomic E-state index is 0.125. The minimum Gasteiger partial charge on any atom is -0.480 e. The van der Waals surface area contributed by atoms with E-state index in [-0.39, 0.29) is 25.5 Å². The Bertz CT molecular complexity index is 988. The molecule has 2 aliphatic heterocycles. The highest BCUT2D eigenvalue weighted by Crippen LogP contribution is 2.07. The summed E-state index contributed by atoms with van der Waals surface area (Å²) in [6, 6.07) is 0. The topological polar surface area (TPSA) is 228 Å². The number of carboxylic acids is 1. The number of carbonyl (C=O) groups excluding carboxylic acids is 4. The van der Waals surface area contributed by atoms with Gasteiger partial charge in [0.2, 0.25) is 5.91 Å². The van der Waals surface area contributed by atoms with Crippen LogP contribution in [0.4, 0.5) is 0 Å². The van der Waals surface area contributed by atoms with Crippen LogP contribution in [0.5, 0.6) is 0 Å². The smallest absolute Gasteiger partial charge is 0.317 e. The summed E-state index contributed by atoms with van der Waals surface area (Å²) in [6.45, 7) is 16.0. The third-order valence-corrected chi connectivity index (χ3v) is 7.99. The lowest BCUT2D eigenvalue weighted by Gasteiger charge is -2.40. The molecule has 0 aliphatic carbocycles. The van der Waals surface area contributed by atoms with Crippen molar-refractivity contribution < 1.29 is 72.1 Å². The second-order valence-electron chi connectivity index (χ2n) is 13.1. The molecule has 354 valence electrons. The number of aliphatic carboxylic acids is 1. The van der Waals surface area contributed by atoms with Gasteiger partial charge >= 0.3 is 5.97 Å². The summed E-state index contributed by atoms with van der Waals surface area (Å²) in [5, 5.41) is 19.1. The Labute approximate surface area is 357 Å². The van der Waals surface area contributed by atoms with Crippen LogP contribution >= 0.6 is 0 Å². The first kappa shape index (κ1) is 59.5. The van der Waals surface area contributed by atoms with Gasteiger partial charge in [0.25, 0.3) is 0 Å². The van der Waals surface area contributed by atoms with E-state index >= 15 is 0 Å². The van der Waals surface area contributed by atoms with E-state index in [2.05, 4.69) is 22.2 Å². The lowest BCUT2D eigenvalue weighted by molar-refractivity contribution is -0.140. The molecule has 0 bridgehead atoms. The summed E-state index contributed by atoms with van der Waals surface area (Å²) in [4.78, 5) is 63.8. The van der Waals surface area contributed by atoms with Crippen molar-refractivity contribution in [2.45, 2.75) is 33.1 Å². The molecule has 2 rings (SSSR count). The fourth-order valence-corrected chi connectivity index (χ4v) is 5.29. The highest BCUT2D eigenvalue weighted by atomic mass is 16.6. The predicted molar refractivity (Wildman–Crippen MR) is 223 cm³/mol. The molecule has 0 spiro atoms. The van der Waals surface area contributed by atoms with Crippen LogP contribution in [0.15, 0.2) is 0 Å². The molecule has 60 heavy (non-hydrogen) atoms. The predicted octanol–water partition coefficient (Wildman–Crippen LogP) is -1.29. The van der Waals surface area contributed by atoms with E-state index in [0.717, 1.165) is 26.0 Å². The molecule has 2 fully saturated rings. The molecule has 0 saturated carbocycles. The first-order valence-electron chi connectivity index (χ1n) is 20.7. The molecule has 1 amide bonds. The number of aldehydes is 3. The molecule has 3 N–H and O–H groups in total. The van der Waals surface area contributed by atoms with Gasteiger partial charge in [-0.05, 0) is 46.4 Å². The van der Waals surface area contributed by atoms with Gasteiger partial charge in [0.1, 0.15) is 18.9 Å². The van der Waals surface area contributed by atoms with Crippen LogP contribution in [0.1, 0.15) is 33.1 Å². The first-order valence-corrected chi connectivity index (χ1v) is 20.7. The van der Waals surface area contributed by atoms with E-state index in [1.165, 1.54) is 32.9 Å². The SMILES string of the molecule is CC=O.CCN1CN(CC(=O)O)CN(CC=O)CN(CC(=O)NCCOCCOCCOCCOCCOCCOCCOCCOCCC=O)C1.CN1CCCC1.CO. The summed E-state index contributed by atoms with van der Waals surface area (Å²) in [7, 11) is 3.17. The van der Waals surface area contributed by atoms with Gasteiger partial charge in [0.15, 0.2) is 0 Å². The molecular formula is C39H78N6O15. The quantitative estimate of drug-likeness (QED) is 0.0505. The van der Waals surface area contributed by atoms with Crippen LogP contribution in [-0.2, 0) is 61.9 Å². The molecule has 21 nitrogen and oxygen atoms in total. The van der Waals surface area contributed by atoms with E-state index in [1.54, 1.807) is 4.90 Å².